The average molecular weight is 372 g/mol. The van der Waals surface area contributed by atoms with Gasteiger partial charge in [0.15, 0.2) is 5.82 Å². The van der Waals surface area contributed by atoms with E-state index in [1.165, 1.54) is 14.7 Å². The molecule has 0 amide bonds. The predicted octanol–water partition coefficient (Wildman–Crippen LogP) is 2.33. The van der Waals surface area contributed by atoms with Gasteiger partial charge in [0, 0.05) is 9.13 Å². The topological polar surface area (TPSA) is 63.8 Å². The highest BCUT2D eigenvalue weighted by Crippen LogP contribution is 2.25. The largest absolute Gasteiger partial charge is 0.389 e. The quantitative estimate of drug-likeness (QED) is 0.841. The summed E-state index contributed by atoms with van der Waals surface area (Å²) in [4.78, 5) is 0. The first-order chi connectivity index (χ1) is 8.78. The normalized spacial score (nSPS) is 11.9. The highest BCUT2D eigenvalue weighted by molar-refractivity contribution is 14.1. The van der Waals surface area contributed by atoms with Crippen molar-refractivity contribution in [2.24, 2.45) is 0 Å². The number of nitrogens with zero attached hydrogens (tertiary/aromatic N) is 4. The Labute approximate surface area is 126 Å². The second-order valence-corrected chi connectivity index (χ2v) is 6.48. The minimum Gasteiger partial charge on any atom is -0.389 e. The third kappa shape index (κ3) is 3.30. The Morgan fingerprint density at radius 2 is 1.84 bits per heavy atom. The number of tetrazole rings is 1. The van der Waals surface area contributed by atoms with Crippen LogP contribution in [-0.4, -0.2) is 30.9 Å². The zero-order chi connectivity index (χ0) is 14.2. The Balaban J connectivity index is 2.46. The first-order valence-electron chi connectivity index (χ1n) is 6.03. The standard InChI is InChI=1S/C13H17IN4O/c1-8-5-10(6-9(2)11(8)14)12-15-16-17-18(12)7-13(3,4)19/h5-6,19H,7H2,1-4H3. The van der Waals surface area contributed by atoms with Crippen LogP contribution in [0.2, 0.25) is 0 Å². The zero-order valence-electron chi connectivity index (χ0n) is 11.5. The molecule has 1 aromatic carbocycles. The van der Waals surface area contributed by atoms with Crippen LogP contribution in [0.15, 0.2) is 12.1 Å². The summed E-state index contributed by atoms with van der Waals surface area (Å²) in [6.45, 7) is 7.98. The Morgan fingerprint density at radius 3 is 2.37 bits per heavy atom. The minimum atomic E-state index is -0.850. The van der Waals surface area contributed by atoms with Crippen LogP contribution in [0, 0.1) is 17.4 Å². The van der Waals surface area contributed by atoms with Crippen LogP contribution in [0.1, 0.15) is 25.0 Å². The van der Waals surface area contributed by atoms with Gasteiger partial charge in [0.2, 0.25) is 0 Å². The van der Waals surface area contributed by atoms with E-state index in [4.69, 9.17) is 0 Å². The summed E-state index contributed by atoms with van der Waals surface area (Å²) >= 11 is 2.34. The molecule has 0 spiro atoms. The molecule has 0 aliphatic heterocycles. The van der Waals surface area contributed by atoms with Gasteiger partial charge in [-0.25, -0.2) is 4.68 Å². The maximum Gasteiger partial charge on any atom is 0.182 e. The molecule has 0 bridgehead atoms. The lowest BCUT2D eigenvalue weighted by atomic mass is 10.1. The van der Waals surface area contributed by atoms with Gasteiger partial charge in [-0.3, -0.25) is 0 Å². The number of aryl methyl sites for hydroxylation is 2. The molecule has 2 aromatic rings. The van der Waals surface area contributed by atoms with E-state index < -0.39 is 5.60 Å². The maximum absolute atomic E-state index is 9.90. The van der Waals surface area contributed by atoms with Crippen molar-refractivity contribution in [2.75, 3.05) is 0 Å². The van der Waals surface area contributed by atoms with Crippen molar-refractivity contribution in [3.05, 3.63) is 26.8 Å². The summed E-state index contributed by atoms with van der Waals surface area (Å²) in [6.07, 6.45) is 0. The van der Waals surface area contributed by atoms with E-state index in [-0.39, 0.29) is 0 Å². The lowest BCUT2D eigenvalue weighted by Crippen LogP contribution is -2.27. The summed E-state index contributed by atoms with van der Waals surface area (Å²) in [5.41, 5.74) is 2.53. The van der Waals surface area contributed by atoms with Crippen LogP contribution in [0.3, 0.4) is 0 Å². The minimum absolute atomic E-state index is 0.361. The first-order valence-corrected chi connectivity index (χ1v) is 7.11. The molecule has 19 heavy (non-hydrogen) atoms. The SMILES string of the molecule is Cc1cc(-c2nnnn2CC(C)(C)O)cc(C)c1I. The van der Waals surface area contributed by atoms with E-state index in [0.29, 0.717) is 12.4 Å². The van der Waals surface area contributed by atoms with Crippen LogP contribution in [-0.2, 0) is 6.54 Å². The van der Waals surface area contributed by atoms with Gasteiger partial charge in [-0.1, -0.05) is 0 Å². The van der Waals surface area contributed by atoms with E-state index in [1.807, 2.05) is 0 Å². The molecule has 1 aromatic heterocycles. The number of aliphatic hydroxyl groups is 1. The fourth-order valence-corrected chi connectivity index (χ4v) is 2.27. The molecule has 0 aliphatic rings. The lowest BCUT2D eigenvalue weighted by Gasteiger charge is -2.17. The number of aromatic nitrogens is 4. The molecule has 0 fully saturated rings. The summed E-state index contributed by atoms with van der Waals surface area (Å²) in [5.74, 6) is 0.685. The van der Waals surface area contributed by atoms with E-state index in [1.54, 1.807) is 18.5 Å². The summed E-state index contributed by atoms with van der Waals surface area (Å²) in [6, 6.07) is 4.14. The number of hydrogen-bond donors (Lipinski definition) is 1. The van der Waals surface area contributed by atoms with Crippen molar-refractivity contribution < 1.29 is 5.11 Å². The molecule has 6 heteroatoms. The van der Waals surface area contributed by atoms with E-state index in [9.17, 15) is 5.11 Å². The highest BCUT2D eigenvalue weighted by atomic mass is 127. The lowest BCUT2D eigenvalue weighted by molar-refractivity contribution is 0.0576. The first kappa shape index (κ1) is 14.4. The van der Waals surface area contributed by atoms with Gasteiger partial charge in [-0.05, 0) is 84.0 Å². The Bertz CT molecular complexity index is 578. The zero-order valence-corrected chi connectivity index (χ0v) is 13.6. The Morgan fingerprint density at radius 1 is 1.26 bits per heavy atom. The van der Waals surface area contributed by atoms with Crippen molar-refractivity contribution in [1.82, 2.24) is 20.2 Å². The molecule has 0 radical (unpaired) electrons. The van der Waals surface area contributed by atoms with Gasteiger partial charge in [-0.15, -0.1) is 5.10 Å². The van der Waals surface area contributed by atoms with Crippen LogP contribution < -0.4 is 0 Å². The van der Waals surface area contributed by atoms with Gasteiger partial charge < -0.3 is 5.11 Å². The van der Waals surface area contributed by atoms with E-state index >= 15 is 0 Å². The van der Waals surface area contributed by atoms with Gasteiger partial charge >= 0.3 is 0 Å². The summed E-state index contributed by atoms with van der Waals surface area (Å²) in [5, 5.41) is 21.6. The molecule has 5 nitrogen and oxygen atoms in total. The third-order valence-corrected chi connectivity index (χ3v) is 4.46. The third-order valence-electron chi connectivity index (χ3n) is 2.76. The van der Waals surface area contributed by atoms with E-state index in [0.717, 1.165) is 5.56 Å². The predicted molar refractivity (Wildman–Crippen MR) is 81.7 cm³/mol. The molecule has 0 aliphatic carbocycles. The maximum atomic E-state index is 9.90. The van der Waals surface area contributed by atoms with Crippen LogP contribution in [0.5, 0.6) is 0 Å². The Kier molecular flexibility index (Phi) is 3.91. The van der Waals surface area contributed by atoms with Gasteiger partial charge in [0.1, 0.15) is 0 Å². The van der Waals surface area contributed by atoms with Crippen LogP contribution in [0.4, 0.5) is 0 Å². The van der Waals surface area contributed by atoms with Crippen molar-refractivity contribution in [2.45, 2.75) is 39.8 Å². The summed E-state index contributed by atoms with van der Waals surface area (Å²) < 4.78 is 2.89. The fourth-order valence-electron chi connectivity index (χ4n) is 1.96. The number of rotatable bonds is 3. The second kappa shape index (κ2) is 5.16. The average Bonchev–Trinajstić information content (AvgIpc) is 2.70. The van der Waals surface area contributed by atoms with Crippen LogP contribution >= 0.6 is 22.6 Å². The van der Waals surface area contributed by atoms with Crippen molar-refractivity contribution in [3.63, 3.8) is 0 Å². The van der Waals surface area contributed by atoms with Crippen molar-refractivity contribution >= 4 is 22.6 Å². The Hall–Kier alpha value is -1.02. The number of halogens is 1. The molecule has 102 valence electrons. The summed E-state index contributed by atoms with van der Waals surface area (Å²) in [7, 11) is 0. The van der Waals surface area contributed by atoms with Gasteiger partial charge in [-0.2, -0.15) is 0 Å². The van der Waals surface area contributed by atoms with Gasteiger partial charge in [0.25, 0.3) is 0 Å². The molecule has 0 atom stereocenters. The van der Waals surface area contributed by atoms with Crippen LogP contribution in [0.25, 0.3) is 11.4 Å². The van der Waals surface area contributed by atoms with Gasteiger partial charge in [0.05, 0.1) is 12.1 Å². The molecule has 1 heterocycles. The number of hydrogen-bond acceptors (Lipinski definition) is 4. The smallest absolute Gasteiger partial charge is 0.182 e. The molecule has 0 unspecified atom stereocenters. The van der Waals surface area contributed by atoms with E-state index in [2.05, 4.69) is 64.1 Å². The molecule has 2 rings (SSSR count). The molecule has 0 saturated carbocycles. The molecular weight excluding hydrogens is 355 g/mol. The highest BCUT2D eigenvalue weighted by Gasteiger charge is 2.19. The molecular formula is C13H17IN4O. The van der Waals surface area contributed by atoms with Crippen molar-refractivity contribution in [3.8, 4) is 11.4 Å². The molecule has 0 saturated heterocycles. The molecule has 1 N–H and O–H groups in total. The monoisotopic (exact) mass is 372 g/mol. The van der Waals surface area contributed by atoms with Crippen molar-refractivity contribution in [1.29, 1.82) is 0 Å². The number of benzene rings is 1. The second-order valence-electron chi connectivity index (χ2n) is 5.40. The fraction of sp³-hybridized carbons (Fsp3) is 0.462.